The summed E-state index contributed by atoms with van der Waals surface area (Å²) < 4.78 is 12.2. The van der Waals surface area contributed by atoms with Gasteiger partial charge in [-0.05, 0) is 30.2 Å². The van der Waals surface area contributed by atoms with Crippen LogP contribution in [-0.2, 0) is 11.2 Å². The van der Waals surface area contributed by atoms with E-state index in [-0.39, 0.29) is 5.91 Å². The number of hydrogen-bond donors (Lipinski definition) is 1. The molecule has 6 heteroatoms. The van der Waals surface area contributed by atoms with Crippen molar-refractivity contribution in [3.63, 3.8) is 0 Å². The molecule has 138 valence electrons. The van der Waals surface area contributed by atoms with Crippen molar-refractivity contribution in [2.45, 2.75) is 6.42 Å². The van der Waals surface area contributed by atoms with Crippen LogP contribution in [0.2, 0.25) is 0 Å². The van der Waals surface area contributed by atoms with Gasteiger partial charge in [-0.25, -0.2) is 0 Å². The minimum Gasteiger partial charge on any atom is -0.490 e. The van der Waals surface area contributed by atoms with Crippen molar-refractivity contribution in [1.82, 2.24) is 5.32 Å². The molecule has 1 aliphatic rings. The number of ether oxygens (including phenoxy) is 2. The van der Waals surface area contributed by atoms with Crippen molar-refractivity contribution in [3.8, 4) is 11.5 Å². The van der Waals surface area contributed by atoms with Crippen LogP contribution in [0.1, 0.15) is 11.1 Å². The monoisotopic (exact) mass is 397 g/mol. The fraction of sp³-hybridized carbons (Fsp3) is 0.143. The van der Waals surface area contributed by atoms with E-state index in [0.29, 0.717) is 28.2 Å². The molecule has 27 heavy (non-hydrogen) atoms. The first kappa shape index (κ1) is 19.2. The third-order valence-corrected chi connectivity index (χ3v) is 4.95. The van der Waals surface area contributed by atoms with E-state index in [4.69, 9.17) is 21.7 Å². The zero-order valence-corrected chi connectivity index (χ0v) is 16.3. The Morgan fingerprint density at radius 3 is 2.41 bits per heavy atom. The van der Waals surface area contributed by atoms with E-state index in [9.17, 15) is 4.79 Å². The van der Waals surface area contributed by atoms with Crippen LogP contribution < -0.4 is 14.8 Å². The highest BCUT2D eigenvalue weighted by Crippen LogP contribution is 2.29. The third kappa shape index (κ3) is 5.21. The zero-order valence-electron chi connectivity index (χ0n) is 14.6. The second-order valence-electron chi connectivity index (χ2n) is 5.69. The maximum atomic E-state index is 11.8. The second kappa shape index (κ2) is 9.39. The highest BCUT2D eigenvalue weighted by Gasteiger charge is 2.22. The molecular weight excluding hydrogens is 378 g/mol. The summed E-state index contributed by atoms with van der Waals surface area (Å²) in [5.41, 5.74) is 1.92. The average Bonchev–Trinajstić information content (AvgIpc) is 2.98. The summed E-state index contributed by atoms with van der Waals surface area (Å²) in [5.74, 6) is 1.35. The zero-order chi connectivity index (χ0) is 19.1. The van der Waals surface area contributed by atoms with Gasteiger partial charge < -0.3 is 14.8 Å². The van der Waals surface area contributed by atoms with Crippen LogP contribution in [0.4, 0.5) is 0 Å². The number of hydrogen-bond acceptors (Lipinski definition) is 5. The Balaban J connectivity index is 1.61. The molecule has 0 aromatic heterocycles. The van der Waals surface area contributed by atoms with Crippen molar-refractivity contribution < 1.29 is 14.3 Å². The first-order valence-corrected chi connectivity index (χ1v) is 9.68. The van der Waals surface area contributed by atoms with Crippen molar-refractivity contribution in [3.05, 3.63) is 77.2 Å². The van der Waals surface area contributed by atoms with Crippen molar-refractivity contribution >= 4 is 40.3 Å². The highest BCUT2D eigenvalue weighted by molar-refractivity contribution is 8.26. The molecule has 1 saturated heterocycles. The summed E-state index contributed by atoms with van der Waals surface area (Å²) in [6.45, 7) is 4.58. The minimum atomic E-state index is -0.179. The van der Waals surface area contributed by atoms with Gasteiger partial charge in [0.05, 0.1) is 4.91 Å². The van der Waals surface area contributed by atoms with E-state index >= 15 is 0 Å². The Hall–Kier alpha value is -2.57. The number of thiocarbonyl (C=S) groups is 1. The van der Waals surface area contributed by atoms with Crippen molar-refractivity contribution in [1.29, 1.82) is 0 Å². The summed E-state index contributed by atoms with van der Waals surface area (Å²) >= 11 is 6.27. The van der Waals surface area contributed by atoms with Gasteiger partial charge in [-0.1, -0.05) is 66.5 Å². The lowest BCUT2D eigenvalue weighted by Gasteiger charge is -2.12. The van der Waals surface area contributed by atoms with Crippen LogP contribution in [0.5, 0.6) is 11.5 Å². The molecule has 3 rings (SSSR count). The Bertz CT molecular complexity index is 893. The van der Waals surface area contributed by atoms with E-state index in [0.717, 1.165) is 23.3 Å². The highest BCUT2D eigenvalue weighted by atomic mass is 32.2. The molecule has 0 saturated carbocycles. The van der Waals surface area contributed by atoms with Gasteiger partial charge >= 0.3 is 0 Å². The van der Waals surface area contributed by atoms with Gasteiger partial charge in [-0.15, -0.1) is 6.58 Å². The molecule has 4 nitrogen and oxygen atoms in total. The average molecular weight is 398 g/mol. The summed E-state index contributed by atoms with van der Waals surface area (Å²) in [6.07, 6.45) is 4.40. The van der Waals surface area contributed by atoms with E-state index in [1.165, 1.54) is 11.8 Å². The van der Waals surface area contributed by atoms with Gasteiger partial charge in [0.15, 0.2) is 0 Å². The number of carbonyl (C=O) groups excluding carboxylic acids is 1. The maximum Gasteiger partial charge on any atom is 0.263 e. The lowest BCUT2D eigenvalue weighted by molar-refractivity contribution is -0.115. The summed E-state index contributed by atoms with van der Waals surface area (Å²) in [4.78, 5) is 12.4. The van der Waals surface area contributed by atoms with Gasteiger partial charge in [-0.3, -0.25) is 4.79 Å². The third-order valence-electron chi connectivity index (χ3n) is 3.78. The fourth-order valence-electron chi connectivity index (χ4n) is 2.57. The molecule has 0 radical (unpaired) electrons. The summed E-state index contributed by atoms with van der Waals surface area (Å²) in [6, 6.07) is 15.4. The number of allylic oxidation sites excluding steroid dienone is 1. The van der Waals surface area contributed by atoms with Crippen LogP contribution in [0, 0.1) is 0 Å². The Labute approximate surface area is 168 Å². The second-order valence-corrected chi connectivity index (χ2v) is 7.41. The normalized spacial score (nSPS) is 14.9. The number of thioether (sulfide) groups is 1. The van der Waals surface area contributed by atoms with Gasteiger partial charge in [0.25, 0.3) is 5.91 Å². The van der Waals surface area contributed by atoms with Crippen molar-refractivity contribution in [2.75, 3.05) is 13.2 Å². The van der Waals surface area contributed by atoms with Crippen molar-refractivity contribution in [2.24, 2.45) is 0 Å². The summed E-state index contributed by atoms with van der Waals surface area (Å²) in [7, 11) is 0. The van der Waals surface area contributed by atoms with Crippen LogP contribution in [0.25, 0.3) is 6.08 Å². The molecule has 0 unspecified atom stereocenters. The van der Waals surface area contributed by atoms with E-state index in [1.54, 1.807) is 6.08 Å². The van der Waals surface area contributed by atoms with Crippen LogP contribution in [-0.4, -0.2) is 23.4 Å². The summed E-state index contributed by atoms with van der Waals surface area (Å²) in [5, 5.41) is 2.61. The lowest BCUT2D eigenvalue weighted by atomic mass is 10.1. The van der Waals surface area contributed by atoms with Crippen LogP contribution in [0.3, 0.4) is 0 Å². The smallest absolute Gasteiger partial charge is 0.263 e. The van der Waals surface area contributed by atoms with Gasteiger partial charge in [0.1, 0.15) is 29.0 Å². The molecule has 2 aromatic rings. The predicted octanol–water partition coefficient (Wildman–Crippen LogP) is 4.36. The molecular formula is C21H19NO3S2. The van der Waals surface area contributed by atoms with Crippen LogP contribution in [0.15, 0.2) is 66.1 Å². The molecule has 0 bridgehead atoms. The Morgan fingerprint density at radius 1 is 1.04 bits per heavy atom. The number of amides is 1. The Morgan fingerprint density at radius 2 is 1.70 bits per heavy atom. The molecule has 0 aliphatic carbocycles. The SMILES string of the molecule is C=CCc1ccccc1OCCOc1ccccc1/C=C1/SC(=S)NC1=O. The van der Waals surface area contributed by atoms with Gasteiger partial charge in [-0.2, -0.15) is 0 Å². The molecule has 1 heterocycles. The van der Waals surface area contributed by atoms with E-state index in [2.05, 4.69) is 11.9 Å². The quantitative estimate of drug-likeness (QED) is 0.310. The molecule has 1 aliphatic heterocycles. The molecule has 1 amide bonds. The molecule has 0 atom stereocenters. The predicted molar refractivity (Wildman–Crippen MR) is 114 cm³/mol. The number of rotatable bonds is 8. The number of carbonyl (C=O) groups is 1. The lowest BCUT2D eigenvalue weighted by Crippen LogP contribution is -2.17. The fourth-order valence-corrected chi connectivity index (χ4v) is 3.60. The van der Waals surface area contributed by atoms with Crippen LogP contribution >= 0.6 is 24.0 Å². The number of para-hydroxylation sites is 2. The van der Waals surface area contributed by atoms with E-state index in [1.807, 2.05) is 54.6 Å². The molecule has 1 fully saturated rings. The largest absolute Gasteiger partial charge is 0.490 e. The Kier molecular flexibility index (Phi) is 6.68. The van der Waals surface area contributed by atoms with Gasteiger partial charge in [0.2, 0.25) is 0 Å². The van der Waals surface area contributed by atoms with Gasteiger partial charge in [0, 0.05) is 5.56 Å². The number of benzene rings is 2. The number of nitrogens with one attached hydrogen (secondary N) is 1. The molecule has 0 spiro atoms. The first-order valence-electron chi connectivity index (χ1n) is 8.45. The maximum absolute atomic E-state index is 11.8. The first-order chi connectivity index (χ1) is 13.2. The minimum absolute atomic E-state index is 0.179. The topological polar surface area (TPSA) is 47.6 Å². The molecule has 1 N–H and O–H groups in total. The van der Waals surface area contributed by atoms with E-state index < -0.39 is 0 Å². The molecule has 2 aromatic carbocycles. The standard InChI is InChI=1S/C21H19NO3S2/c1-2-7-15-8-3-5-10-17(15)24-12-13-25-18-11-6-4-9-16(18)14-19-20(23)22-21(26)27-19/h2-6,8-11,14H,1,7,12-13H2,(H,22,23,26)/b19-14+.